The Labute approximate surface area is 156 Å². The summed E-state index contributed by atoms with van der Waals surface area (Å²) in [4.78, 5) is 20.9. The van der Waals surface area contributed by atoms with Gasteiger partial charge in [0.1, 0.15) is 5.70 Å². The van der Waals surface area contributed by atoms with Crippen molar-refractivity contribution in [1.29, 1.82) is 0 Å². The number of hydrogen-bond donors (Lipinski definition) is 2. The van der Waals surface area contributed by atoms with Gasteiger partial charge >= 0.3 is 0 Å². The summed E-state index contributed by atoms with van der Waals surface area (Å²) in [7, 11) is 0. The molecule has 0 unspecified atom stereocenters. The molecule has 1 aromatic heterocycles. The normalized spacial score (nSPS) is 16.5. The number of aliphatic imine (C=N–C) groups is 1. The van der Waals surface area contributed by atoms with Crippen molar-refractivity contribution < 1.29 is 9.53 Å². The number of carbonyl (C=O) groups is 1. The van der Waals surface area contributed by atoms with Crippen LogP contribution < -0.4 is 10.6 Å². The van der Waals surface area contributed by atoms with Crippen molar-refractivity contribution in [2.24, 2.45) is 10.9 Å². The molecule has 0 atom stereocenters. The van der Waals surface area contributed by atoms with Gasteiger partial charge in [-0.3, -0.25) is 10.1 Å². The van der Waals surface area contributed by atoms with E-state index in [0.717, 1.165) is 21.5 Å². The standard InChI is InChI=1S/C19H22N4O2S/c1-4-25-10-14(7-12(2)3)21-19-22-16(18(24)23-19)8-13-5-6-15-17(9-13)26-11-20-15/h5-9,11-12H,4,10H2,1-3H3,(H2,21,22,23,24)/b14-7+,16-8-. The number of allylic oxidation sites excluding steroid dienone is 1. The van der Waals surface area contributed by atoms with Crippen molar-refractivity contribution in [2.75, 3.05) is 13.2 Å². The molecule has 2 N–H and O–H groups in total. The molecule has 26 heavy (non-hydrogen) atoms. The highest BCUT2D eigenvalue weighted by Gasteiger charge is 2.20. The second-order valence-corrected chi connectivity index (χ2v) is 7.11. The summed E-state index contributed by atoms with van der Waals surface area (Å²) in [6.07, 6.45) is 3.83. The summed E-state index contributed by atoms with van der Waals surface area (Å²) in [5.41, 5.74) is 4.94. The van der Waals surface area contributed by atoms with E-state index in [2.05, 4.69) is 40.5 Å². The summed E-state index contributed by atoms with van der Waals surface area (Å²) < 4.78 is 6.55. The van der Waals surface area contributed by atoms with Crippen LogP contribution in [0.4, 0.5) is 0 Å². The lowest BCUT2D eigenvalue weighted by molar-refractivity contribution is -0.115. The molecule has 7 heteroatoms. The molecule has 0 saturated carbocycles. The highest BCUT2D eigenvalue weighted by atomic mass is 32.1. The van der Waals surface area contributed by atoms with Crippen molar-refractivity contribution in [3.63, 3.8) is 0 Å². The Bertz CT molecular complexity index is 896. The van der Waals surface area contributed by atoms with Crippen molar-refractivity contribution in [1.82, 2.24) is 15.6 Å². The number of guanidine groups is 1. The second kappa shape index (κ2) is 8.25. The molecule has 2 heterocycles. The topological polar surface area (TPSA) is 75.6 Å². The average Bonchev–Trinajstić information content (AvgIpc) is 3.18. The van der Waals surface area contributed by atoms with Crippen LogP contribution in [-0.2, 0) is 9.53 Å². The first-order valence-electron chi connectivity index (χ1n) is 8.55. The number of aromatic nitrogens is 1. The van der Waals surface area contributed by atoms with Crippen LogP contribution in [0.3, 0.4) is 0 Å². The third-order valence-corrected chi connectivity index (χ3v) is 4.42. The summed E-state index contributed by atoms with van der Waals surface area (Å²) in [5, 5.41) is 5.92. The predicted molar refractivity (Wildman–Crippen MR) is 106 cm³/mol. The highest BCUT2D eigenvalue weighted by Crippen LogP contribution is 2.21. The van der Waals surface area contributed by atoms with Crippen LogP contribution >= 0.6 is 11.3 Å². The highest BCUT2D eigenvalue weighted by molar-refractivity contribution is 7.16. The van der Waals surface area contributed by atoms with Crippen LogP contribution in [0.5, 0.6) is 0 Å². The number of thiazole rings is 1. The molecule has 6 nitrogen and oxygen atoms in total. The van der Waals surface area contributed by atoms with Crippen molar-refractivity contribution in [3.8, 4) is 0 Å². The van der Waals surface area contributed by atoms with Crippen molar-refractivity contribution >= 4 is 39.5 Å². The zero-order valence-corrected chi connectivity index (χ0v) is 15.9. The fraction of sp³-hybridized carbons (Fsp3) is 0.316. The number of rotatable bonds is 6. The molecule has 0 spiro atoms. The van der Waals surface area contributed by atoms with Gasteiger partial charge in [0, 0.05) is 12.3 Å². The van der Waals surface area contributed by atoms with Crippen LogP contribution in [0.25, 0.3) is 16.3 Å². The maximum absolute atomic E-state index is 12.2. The molecular formula is C19H22N4O2S. The van der Waals surface area contributed by atoms with Crippen LogP contribution in [0.1, 0.15) is 26.3 Å². The molecule has 1 aliphatic rings. The van der Waals surface area contributed by atoms with E-state index in [-0.39, 0.29) is 5.91 Å². The Balaban J connectivity index is 1.78. The van der Waals surface area contributed by atoms with E-state index in [0.29, 0.717) is 30.8 Å². The number of fused-ring (bicyclic) bond motifs is 1. The van der Waals surface area contributed by atoms with E-state index in [9.17, 15) is 4.79 Å². The zero-order valence-electron chi connectivity index (χ0n) is 15.1. The molecular weight excluding hydrogens is 348 g/mol. The SMILES string of the molecule is CCOC/C(=C\C(C)C)NC1=N/C(=C\c2ccc3ncsc3c2)C(=O)N1. The maximum atomic E-state index is 12.2. The van der Waals surface area contributed by atoms with Gasteiger partial charge < -0.3 is 10.1 Å². The minimum atomic E-state index is -0.225. The van der Waals surface area contributed by atoms with Gasteiger partial charge in [-0.2, -0.15) is 0 Å². The molecule has 1 aromatic carbocycles. The van der Waals surface area contributed by atoms with E-state index in [4.69, 9.17) is 4.74 Å². The second-order valence-electron chi connectivity index (χ2n) is 6.22. The third kappa shape index (κ3) is 4.56. The minimum absolute atomic E-state index is 0.225. The van der Waals surface area contributed by atoms with Crippen LogP contribution in [0, 0.1) is 5.92 Å². The van der Waals surface area contributed by atoms with E-state index >= 15 is 0 Å². The smallest absolute Gasteiger partial charge is 0.276 e. The van der Waals surface area contributed by atoms with Gasteiger partial charge in [0.15, 0.2) is 0 Å². The number of benzene rings is 1. The third-order valence-electron chi connectivity index (χ3n) is 3.63. The average molecular weight is 370 g/mol. The summed E-state index contributed by atoms with van der Waals surface area (Å²) in [5.74, 6) is 0.556. The van der Waals surface area contributed by atoms with Gasteiger partial charge in [0.25, 0.3) is 5.91 Å². The Morgan fingerprint density at radius 2 is 2.27 bits per heavy atom. The molecule has 1 aliphatic heterocycles. The number of ether oxygens (including phenoxy) is 1. The van der Waals surface area contributed by atoms with Gasteiger partial charge in [-0.05, 0) is 36.6 Å². The number of hydrogen-bond acceptors (Lipinski definition) is 6. The molecule has 136 valence electrons. The number of carbonyl (C=O) groups excluding carboxylic acids is 1. The molecule has 0 aliphatic carbocycles. The van der Waals surface area contributed by atoms with Gasteiger partial charge in [0.05, 0.1) is 22.3 Å². The van der Waals surface area contributed by atoms with Crippen molar-refractivity contribution in [3.05, 3.63) is 46.7 Å². The molecule has 2 aromatic rings. The lowest BCUT2D eigenvalue weighted by atomic mass is 10.2. The summed E-state index contributed by atoms with van der Waals surface area (Å²) >= 11 is 1.57. The number of amides is 1. The summed E-state index contributed by atoms with van der Waals surface area (Å²) in [6, 6.07) is 5.88. The molecule has 0 saturated heterocycles. The predicted octanol–water partition coefficient (Wildman–Crippen LogP) is 3.29. The van der Waals surface area contributed by atoms with E-state index in [1.165, 1.54) is 0 Å². The molecule has 0 radical (unpaired) electrons. The molecule has 3 rings (SSSR count). The molecule has 0 bridgehead atoms. The quantitative estimate of drug-likeness (QED) is 0.765. The Kier molecular flexibility index (Phi) is 5.80. The van der Waals surface area contributed by atoms with Crippen molar-refractivity contribution in [2.45, 2.75) is 20.8 Å². The molecule has 0 fully saturated rings. The molecule has 1 amide bonds. The fourth-order valence-corrected chi connectivity index (χ4v) is 3.26. The van der Waals surface area contributed by atoms with Crippen LogP contribution in [0.15, 0.2) is 46.2 Å². The Morgan fingerprint density at radius 3 is 3.04 bits per heavy atom. The lowest BCUT2D eigenvalue weighted by Gasteiger charge is -2.11. The van der Waals surface area contributed by atoms with E-state index in [1.807, 2.05) is 30.6 Å². The monoisotopic (exact) mass is 370 g/mol. The largest absolute Gasteiger partial charge is 0.376 e. The van der Waals surface area contributed by atoms with Gasteiger partial charge in [0.2, 0.25) is 5.96 Å². The van der Waals surface area contributed by atoms with Gasteiger partial charge in [-0.1, -0.05) is 26.0 Å². The number of nitrogens with zero attached hydrogens (tertiary/aromatic N) is 2. The first kappa shape index (κ1) is 18.3. The lowest BCUT2D eigenvalue weighted by Crippen LogP contribution is -2.36. The van der Waals surface area contributed by atoms with Gasteiger partial charge in [-0.15, -0.1) is 11.3 Å². The zero-order chi connectivity index (χ0) is 18.5. The Hall–Kier alpha value is -2.51. The minimum Gasteiger partial charge on any atom is -0.376 e. The maximum Gasteiger partial charge on any atom is 0.276 e. The van der Waals surface area contributed by atoms with Gasteiger partial charge in [-0.25, -0.2) is 9.98 Å². The first-order chi connectivity index (χ1) is 12.5. The number of nitrogens with one attached hydrogen (secondary N) is 2. The van der Waals surface area contributed by atoms with E-state index in [1.54, 1.807) is 17.4 Å². The Morgan fingerprint density at radius 1 is 1.42 bits per heavy atom. The summed E-state index contributed by atoms with van der Waals surface area (Å²) in [6.45, 7) is 7.20. The first-order valence-corrected chi connectivity index (χ1v) is 9.43. The van der Waals surface area contributed by atoms with E-state index < -0.39 is 0 Å². The van der Waals surface area contributed by atoms with Crippen LogP contribution in [-0.4, -0.2) is 30.1 Å². The fourth-order valence-electron chi connectivity index (χ4n) is 2.54. The van der Waals surface area contributed by atoms with Crippen LogP contribution in [0.2, 0.25) is 0 Å².